The summed E-state index contributed by atoms with van der Waals surface area (Å²) in [7, 11) is 0. The second-order valence-electron chi connectivity index (χ2n) is 5.77. The van der Waals surface area contributed by atoms with Gasteiger partial charge < -0.3 is 10.5 Å². The lowest BCUT2D eigenvalue weighted by Crippen LogP contribution is -2.18. The van der Waals surface area contributed by atoms with Gasteiger partial charge in [0.2, 0.25) is 0 Å². The highest BCUT2D eigenvalue weighted by Gasteiger charge is 2.06. The van der Waals surface area contributed by atoms with E-state index < -0.39 is 0 Å². The van der Waals surface area contributed by atoms with Gasteiger partial charge in [-0.2, -0.15) is 5.10 Å². The monoisotopic (exact) mass is 423 g/mol. The number of rotatable bonds is 6. The van der Waals surface area contributed by atoms with Gasteiger partial charge in [-0.3, -0.25) is 4.79 Å². The average molecular weight is 424 g/mol. The van der Waals surface area contributed by atoms with E-state index in [0.29, 0.717) is 17.9 Å². The van der Waals surface area contributed by atoms with Crippen molar-refractivity contribution in [3.05, 3.63) is 94.0 Å². The average Bonchev–Trinajstić information content (AvgIpc) is 2.69. The fourth-order valence-electron chi connectivity index (χ4n) is 2.33. The molecule has 3 rings (SSSR count). The Kier molecular flexibility index (Phi) is 6.22. The molecule has 3 aromatic carbocycles. The molecule has 6 heteroatoms. The van der Waals surface area contributed by atoms with Gasteiger partial charge in [-0.25, -0.2) is 5.43 Å². The summed E-state index contributed by atoms with van der Waals surface area (Å²) in [5.41, 5.74) is 11.0. The number of carbonyl (C=O) groups is 1. The van der Waals surface area contributed by atoms with Gasteiger partial charge in [-0.05, 0) is 59.7 Å². The van der Waals surface area contributed by atoms with Gasteiger partial charge in [0.15, 0.2) is 0 Å². The largest absolute Gasteiger partial charge is 0.489 e. The number of halogens is 1. The van der Waals surface area contributed by atoms with Crippen molar-refractivity contribution in [2.75, 3.05) is 5.73 Å². The number of hydrogen-bond donors (Lipinski definition) is 2. The van der Waals surface area contributed by atoms with Crippen LogP contribution in [0.4, 0.5) is 5.69 Å². The van der Waals surface area contributed by atoms with Crippen molar-refractivity contribution in [2.24, 2.45) is 5.10 Å². The minimum absolute atomic E-state index is 0.348. The molecule has 0 radical (unpaired) electrons. The van der Waals surface area contributed by atoms with Crippen LogP contribution in [0.15, 0.2) is 82.4 Å². The summed E-state index contributed by atoms with van der Waals surface area (Å²) in [4.78, 5) is 12.0. The number of anilines is 1. The number of ether oxygens (including phenoxy) is 1. The molecule has 1 amide bonds. The number of nitrogens with zero attached hydrogens (tertiary/aromatic N) is 1. The summed E-state index contributed by atoms with van der Waals surface area (Å²) in [5.74, 6) is 0.412. The topological polar surface area (TPSA) is 76.7 Å². The number of nitrogens with one attached hydrogen (secondary N) is 1. The zero-order chi connectivity index (χ0) is 19.1. The molecule has 0 unspecified atom stereocenters. The van der Waals surface area contributed by atoms with Crippen molar-refractivity contribution in [3.8, 4) is 5.75 Å². The number of nitrogen functional groups attached to an aromatic ring is 1. The fourth-order valence-corrected chi connectivity index (χ4v) is 2.59. The van der Waals surface area contributed by atoms with Crippen LogP contribution in [0.1, 0.15) is 21.5 Å². The van der Waals surface area contributed by atoms with Crippen LogP contribution in [-0.2, 0) is 6.61 Å². The van der Waals surface area contributed by atoms with Crippen LogP contribution in [0.5, 0.6) is 5.75 Å². The maximum absolute atomic E-state index is 12.0. The summed E-state index contributed by atoms with van der Waals surface area (Å²) < 4.78 is 6.80. The standard InChI is InChI=1S/C21H18BrN3O2/c22-17-9-5-16(6-10-17)14-27-18-11-7-15(8-12-18)13-24-25-21(26)19-3-1-2-4-20(19)23/h1-13H,14,23H2,(H,25,26)/b24-13+. The molecule has 0 saturated heterocycles. The van der Waals surface area contributed by atoms with E-state index >= 15 is 0 Å². The second kappa shape index (κ2) is 9.00. The normalized spacial score (nSPS) is 10.7. The molecular weight excluding hydrogens is 406 g/mol. The summed E-state index contributed by atoms with van der Waals surface area (Å²) >= 11 is 3.41. The van der Waals surface area contributed by atoms with E-state index in [0.717, 1.165) is 21.3 Å². The Bertz CT molecular complexity index is 938. The van der Waals surface area contributed by atoms with E-state index in [4.69, 9.17) is 10.5 Å². The Morgan fingerprint density at radius 1 is 1.04 bits per heavy atom. The van der Waals surface area contributed by atoms with Crippen LogP contribution in [0.25, 0.3) is 0 Å². The molecule has 27 heavy (non-hydrogen) atoms. The lowest BCUT2D eigenvalue weighted by molar-refractivity contribution is 0.0956. The first kappa shape index (κ1) is 18.7. The van der Waals surface area contributed by atoms with Crippen LogP contribution in [-0.4, -0.2) is 12.1 Å². The molecule has 0 aliphatic rings. The molecule has 5 nitrogen and oxygen atoms in total. The lowest BCUT2D eigenvalue weighted by atomic mass is 10.2. The Morgan fingerprint density at radius 3 is 2.44 bits per heavy atom. The first-order valence-corrected chi connectivity index (χ1v) is 9.06. The number of benzene rings is 3. The predicted molar refractivity (Wildman–Crippen MR) is 111 cm³/mol. The molecule has 0 aliphatic heterocycles. The molecule has 3 N–H and O–H groups in total. The predicted octanol–water partition coefficient (Wildman–Crippen LogP) is 4.37. The van der Waals surface area contributed by atoms with E-state index in [1.165, 1.54) is 0 Å². The third-order valence-electron chi connectivity index (χ3n) is 3.78. The Balaban J connectivity index is 1.52. The zero-order valence-electron chi connectivity index (χ0n) is 14.4. The van der Waals surface area contributed by atoms with Crippen molar-refractivity contribution < 1.29 is 9.53 Å². The summed E-state index contributed by atoms with van der Waals surface area (Å²) in [6.45, 7) is 0.495. The number of carbonyl (C=O) groups excluding carboxylic acids is 1. The summed E-state index contributed by atoms with van der Waals surface area (Å²) in [6, 6.07) is 22.3. The van der Waals surface area contributed by atoms with Gasteiger partial charge in [0, 0.05) is 10.2 Å². The van der Waals surface area contributed by atoms with E-state index in [1.54, 1.807) is 30.5 Å². The van der Waals surface area contributed by atoms with E-state index in [9.17, 15) is 4.79 Å². The van der Waals surface area contributed by atoms with Crippen LogP contribution >= 0.6 is 15.9 Å². The molecule has 0 spiro atoms. The molecule has 0 heterocycles. The number of hydrogen-bond acceptors (Lipinski definition) is 4. The van der Waals surface area contributed by atoms with Gasteiger partial charge in [-0.15, -0.1) is 0 Å². The zero-order valence-corrected chi connectivity index (χ0v) is 16.0. The Morgan fingerprint density at radius 2 is 1.74 bits per heavy atom. The van der Waals surface area contributed by atoms with Gasteiger partial charge in [0.1, 0.15) is 12.4 Å². The Labute approximate surface area is 166 Å². The molecule has 0 aliphatic carbocycles. The van der Waals surface area contributed by atoms with Gasteiger partial charge in [0.25, 0.3) is 5.91 Å². The SMILES string of the molecule is Nc1ccccc1C(=O)N/N=C/c1ccc(OCc2ccc(Br)cc2)cc1. The number of amides is 1. The van der Waals surface area contributed by atoms with E-state index in [2.05, 4.69) is 26.5 Å². The third kappa shape index (κ3) is 5.43. The quantitative estimate of drug-likeness (QED) is 0.351. The maximum atomic E-state index is 12.0. The van der Waals surface area contributed by atoms with Crippen LogP contribution < -0.4 is 15.9 Å². The first-order chi connectivity index (χ1) is 13.1. The smallest absolute Gasteiger partial charge is 0.273 e. The molecular formula is C21H18BrN3O2. The van der Waals surface area contributed by atoms with Crippen molar-refractivity contribution in [1.82, 2.24) is 5.43 Å². The molecule has 0 fully saturated rings. The second-order valence-corrected chi connectivity index (χ2v) is 6.69. The van der Waals surface area contributed by atoms with Crippen LogP contribution in [0.2, 0.25) is 0 Å². The number of hydrazone groups is 1. The van der Waals surface area contributed by atoms with Crippen molar-refractivity contribution >= 4 is 33.7 Å². The van der Waals surface area contributed by atoms with Crippen molar-refractivity contribution in [2.45, 2.75) is 6.61 Å². The molecule has 3 aromatic rings. The highest BCUT2D eigenvalue weighted by atomic mass is 79.9. The fraction of sp³-hybridized carbons (Fsp3) is 0.0476. The Hall–Kier alpha value is -3.12. The maximum Gasteiger partial charge on any atom is 0.273 e. The molecule has 0 aromatic heterocycles. The minimum Gasteiger partial charge on any atom is -0.489 e. The van der Waals surface area contributed by atoms with E-state index in [1.807, 2.05) is 48.5 Å². The number of para-hydroxylation sites is 1. The van der Waals surface area contributed by atoms with Crippen LogP contribution in [0, 0.1) is 0 Å². The minimum atomic E-state index is -0.348. The highest BCUT2D eigenvalue weighted by Crippen LogP contribution is 2.15. The summed E-state index contributed by atoms with van der Waals surface area (Å²) in [5, 5.41) is 3.97. The third-order valence-corrected chi connectivity index (χ3v) is 4.31. The van der Waals surface area contributed by atoms with Crippen LogP contribution in [0.3, 0.4) is 0 Å². The molecule has 0 saturated carbocycles. The molecule has 0 bridgehead atoms. The first-order valence-electron chi connectivity index (χ1n) is 8.27. The summed E-state index contributed by atoms with van der Waals surface area (Å²) in [6.07, 6.45) is 1.57. The molecule has 0 atom stereocenters. The highest BCUT2D eigenvalue weighted by molar-refractivity contribution is 9.10. The van der Waals surface area contributed by atoms with Crippen molar-refractivity contribution in [3.63, 3.8) is 0 Å². The van der Waals surface area contributed by atoms with E-state index in [-0.39, 0.29) is 5.91 Å². The van der Waals surface area contributed by atoms with Gasteiger partial charge in [-0.1, -0.05) is 40.2 Å². The van der Waals surface area contributed by atoms with Gasteiger partial charge in [0.05, 0.1) is 11.8 Å². The van der Waals surface area contributed by atoms with Crippen molar-refractivity contribution in [1.29, 1.82) is 0 Å². The lowest BCUT2D eigenvalue weighted by Gasteiger charge is -2.06. The number of nitrogens with two attached hydrogens (primary N) is 1. The van der Waals surface area contributed by atoms with Gasteiger partial charge >= 0.3 is 0 Å². The molecule has 136 valence electrons.